The van der Waals surface area contributed by atoms with Crippen molar-refractivity contribution in [3.8, 4) is 10.6 Å². The van der Waals surface area contributed by atoms with Crippen LogP contribution in [0.15, 0.2) is 58.8 Å². The van der Waals surface area contributed by atoms with Crippen LogP contribution in [-0.4, -0.2) is 20.3 Å². The number of ether oxygens (including phenoxy) is 1. The molecular weight excluding hydrogens is 398 g/mol. The van der Waals surface area contributed by atoms with Crippen LogP contribution in [0.3, 0.4) is 0 Å². The molecule has 140 valence electrons. The molecule has 0 atom stereocenters. The van der Waals surface area contributed by atoms with E-state index in [1.54, 1.807) is 29.8 Å². The molecule has 0 fully saturated rings. The van der Waals surface area contributed by atoms with Gasteiger partial charge in [0.2, 0.25) is 0 Å². The van der Waals surface area contributed by atoms with Gasteiger partial charge in [-0.3, -0.25) is 9.20 Å². The number of nitrogens with zero attached hydrogens (tertiary/aromatic N) is 3. The maximum absolute atomic E-state index is 12.3. The van der Waals surface area contributed by atoms with Crippen LogP contribution in [0.5, 0.6) is 0 Å². The molecule has 8 heteroatoms. The lowest BCUT2D eigenvalue weighted by atomic mass is 10.2. The van der Waals surface area contributed by atoms with Crippen molar-refractivity contribution in [3.63, 3.8) is 0 Å². The van der Waals surface area contributed by atoms with E-state index in [1.165, 1.54) is 21.8 Å². The molecule has 3 heterocycles. The first kappa shape index (κ1) is 18.3. The molecule has 0 aliphatic rings. The molecule has 0 radical (unpaired) electrons. The maximum atomic E-state index is 12.3. The number of pyridine rings is 1. The third kappa shape index (κ3) is 3.67. The van der Waals surface area contributed by atoms with Gasteiger partial charge in [0.1, 0.15) is 17.3 Å². The molecule has 3 aromatic heterocycles. The molecule has 0 saturated heterocycles. The van der Waals surface area contributed by atoms with Crippen LogP contribution in [0.25, 0.3) is 16.2 Å². The Morgan fingerprint density at radius 3 is 2.89 bits per heavy atom. The molecule has 0 unspecified atom stereocenters. The number of carbonyl (C=O) groups is 1. The van der Waals surface area contributed by atoms with E-state index in [0.29, 0.717) is 21.4 Å². The fourth-order valence-electron chi connectivity index (χ4n) is 2.72. The number of esters is 1. The quantitative estimate of drug-likeness (QED) is 0.472. The molecule has 6 nitrogen and oxygen atoms in total. The average Bonchev–Trinajstić information content (AvgIpc) is 3.17. The highest BCUT2D eigenvalue weighted by Gasteiger charge is 2.14. The van der Waals surface area contributed by atoms with E-state index in [-0.39, 0.29) is 17.9 Å². The van der Waals surface area contributed by atoms with Gasteiger partial charge >= 0.3 is 5.97 Å². The largest absolute Gasteiger partial charge is 0.454 e. The summed E-state index contributed by atoms with van der Waals surface area (Å²) in [5.74, 6) is -0.573. The van der Waals surface area contributed by atoms with Gasteiger partial charge in [0.15, 0.2) is 5.69 Å². The predicted molar refractivity (Wildman–Crippen MR) is 108 cm³/mol. The maximum Gasteiger partial charge on any atom is 0.358 e. The Balaban J connectivity index is 1.52. The number of aromatic nitrogens is 3. The van der Waals surface area contributed by atoms with Crippen molar-refractivity contribution in [2.24, 2.45) is 0 Å². The summed E-state index contributed by atoms with van der Waals surface area (Å²) >= 11 is 7.33. The SMILES string of the molecule is Cc1cccn2c(=O)cc(COC(=O)c3csc(-c4cccc(Cl)c4)n3)nc12. The van der Waals surface area contributed by atoms with Gasteiger partial charge in [0.25, 0.3) is 5.56 Å². The lowest BCUT2D eigenvalue weighted by molar-refractivity contribution is 0.0462. The van der Waals surface area contributed by atoms with E-state index in [1.807, 2.05) is 25.1 Å². The summed E-state index contributed by atoms with van der Waals surface area (Å²) in [5, 5.41) is 2.90. The number of benzene rings is 1. The Kier molecular flexibility index (Phi) is 4.93. The highest BCUT2D eigenvalue weighted by Crippen LogP contribution is 2.26. The van der Waals surface area contributed by atoms with Gasteiger partial charge in [-0.2, -0.15) is 0 Å². The van der Waals surface area contributed by atoms with E-state index in [9.17, 15) is 9.59 Å². The van der Waals surface area contributed by atoms with Gasteiger partial charge in [-0.25, -0.2) is 14.8 Å². The van der Waals surface area contributed by atoms with Crippen molar-refractivity contribution in [3.05, 3.63) is 86.4 Å². The van der Waals surface area contributed by atoms with Crippen LogP contribution < -0.4 is 5.56 Å². The van der Waals surface area contributed by atoms with E-state index < -0.39 is 5.97 Å². The lowest BCUT2D eigenvalue weighted by Gasteiger charge is -2.06. The summed E-state index contributed by atoms with van der Waals surface area (Å²) < 4.78 is 6.76. The minimum atomic E-state index is -0.573. The minimum absolute atomic E-state index is 0.108. The minimum Gasteiger partial charge on any atom is -0.454 e. The molecule has 0 bridgehead atoms. The highest BCUT2D eigenvalue weighted by molar-refractivity contribution is 7.13. The first-order valence-electron chi connectivity index (χ1n) is 8.38. The van der Waals surface area contributed by atoms with Crippen molar-refractivity contribution in [2.45, 2.75) is 13.5 Å². The van der Waals surface area contributed by atoms with E-state index >= 15 is 0 Å². The zero-order chi connectivity index (χ0) is 19.7. The number of rotatable bonds is 4. The monoisotopic (exact) mass is 411 g/mol. The van der Waals surface area contributed by atoms with Gasteiger partial charge in [0.05, 0.1) is 5.69 Å². The molecule has 0 spiro atoms. The van der Waals surface area contributed by atoms with Crippen LogP contribution >= 0.6 is 22.9 Å². The normalized spacial score (nSPS) is 10.9. The third-order valence-corrected chi connectivity index (χ3v) is 5.20. The van der Waals surface area contributed by atoms with Crippen molar-refractivity contribution >= 4 is 34.6 Å². The van der Waals surface area contributed by atoms with Crippen LogP contribution in [0.4, 0.5) is 0 Å². The van der Waals surface area contributed by atoms with Gasteiger partial charge in [0, 0.05) is 28.2 Å². The van der Waals surface area contributed by atoms with E-state index in [2.05, 4.69) is 9.97 Å². The zero-order valence-electron chi connectivity index (χ0n) is 14.8. The molecule has 0 aliphatic carbocycles. The third-order valence-electron chi connectivity index (χ3n) is 4.08. The summed E-state index contributed by atoms with van der Waals surface area (Å²) in [6.45, 7) is 1.76. The Morgan fingerprint density at radius 1 is 1.21 bits per heavy atom. The highest BCUT2D eigenvalue weighted by atomic mass is 35.5. The Labute approximate surface area is 169 Å². The lowest BCUT2D eigenvalue weighted by Crippen LogP contribution is -2.17. The topological polar surface area (TPSA) is 73.6 Å². The summed E-state index contributed by atoms with van der Waals surface area (Å²) in [7, 11) is 0. The molecule has 0 amide bonds. The first-order valence-corrected chi connectivity index (χ1v) is 9.63. The molecule has 0 N–H and O–H groups in total. The summed E-state index contributed by atoms with van der Waals surface area (Å²) in [4.78, 5) is 33.3. The molecule has 28 heavy (non-hydrogen) atoms. The number of fused-ring (bicyclic) bond motifs is 1. The molecule has 4 rings (SSSR count). The predicted octanol–water partition coefficient (Wildman–Crippen LogP) is 4.14. The number of aryl methyl sites for hydroxylation is 1. The number of halogens is 1. The molecule has 4 aromatic rings. The van der Waals surface area contributed by atoms with Crippen LogP contribution in [0, 0.1) is 6.92 Å². The average molecular weight is 412 g/mol. The number of carbonyl (C=O) groups excluding carboxylic acids is 1. The molecule has 1 aromatic carbocycles. The van der Waals surface area contributed by atoms with Gasteiger partial charge < -0.3 is 4.74 Å². The molecule has 0 saturated carbocycles. The van der Waals surface area contributed by atoms with Crippen molar-refractivity contribution in [2.75, 3.05) is 0 Å². The number of hydrogen-bond acceptors (Lipinski definition) is 6. The smallest absolute Gasteiger partial charge is 0.358 e. The molecular formula is C20H14ClN3O3S. The second-order valence-electron chi connectivity index (χ2n) is 6.09. The first-order chi connectivity index (χ1) is 13.5. The van der Waals surface area contributed by atoms with Crippen molar-refractivity contribution in [1.29, 1.82) is 0 Å². The fourth-order valence-corrected chi connectivity index (χ4v) is 3.69. The standard InChI is InChI=1S/C20H14ClN3O3S/c1-12-4-3-7-24-17(25)9-15(22-18(12)24)10-27-20(26)16-11-28-19(23-16)13-5-2-6-14(21)8-13/h2-9,11H,10H2,1H3. The van der Waals surface area contributed by atoms with Crippen LogP contribution in [-0.2, 0) is 11.3 Å². The van der Waals surface area contributed by atoms with Crippen molar-refractivity contribution in [1.82, 2.24) is 14.4 Å². The van der Waals surface area contributed by atoms with Crippen LogP contribution in [0.1, 0.15) is 21.7 Å². The second-order valence-corrected chi connectivity index (χ2v) is 7.39. The summed E-state index contributed by atoms with van der Waals surface area (Å²) in [5.41, 5.74) is 2.59. The Hall–Kier alpha value is -3.03. The Morgan fingerprint density at radius 2 is 2.07 bits per heavy atom. The van der Waals surface area contributed by atoms with Gasteiger partial charge in [-0.1, -0.05) is 29.8 Å². The fraction of sp³-hybridized carbons (Fsp3) is 0.100. The van der Waals surface area contributed by atoms with Crippen molar-refractivity contribution < 1.29 is 9.53 Å². The van der Waals surface area contributed by atoms with E-state index in [4.69, 9.17) is 16.3 Å². The van der Waals surface area contributed by atoms with Crippen LogP contribution in [0.2, 0.25) is 5.02 Å². The van der Waals surface area contributed by atoms with E-state index in [0.717, 1.165) is 11.1 Å². The van der Waals surface area contributed by atoms with Gasteiger partial charge in [-0.15, -0.1) is 11.3 Å². The number of thiazole rings is 1. The number of hydrogen-bond donors (Lipinski definition) is 0. The summed E-state index contributed by atoms with van der Waals surface area (Å²) in [6.07, 6.45) is 1.65. The second kappa shape index (κ2) is 7.53. The summed E-state index contributed by atoms with van der Waals surface area (Å²) in [6, 6.07) is 12.3. The zero-order valence-corrected chi connectivity index (χ0v) is 16.3. The molecule has 0 aliphatic heterocycles. The van der Waals surface area contributed by atoms with Gasteiger partial charge in [-0.05, 0) is 30.7 Å². The Bertz CT molecular complexity index is 1250.